The van der Waals surface area contributed by atoms with Gasteiger partial charge in [-0.3, -0.25) is 4.79 Å². The Bertz CT molecular complexity index is 581. The van der Waals surface area contributed by atoms with Gasteiger partial charge in [-0.25, -0.2) is 4.79 Å². The molecule has 7 heteroatoms. The Morgan fingerprint density at radius 1 is 1.23 bits per heavy atom. The highest BCUT2D eigenvalue weighted by molar-refractivity contribution is 5.98. The maximum Gasteiger partial charge on any atom is 0.422 e. The van der Waals surface area contributed by atoms with Crippen LogP contribution in [0.3, 0.4) is 0 Å². The molecular formula is C15H14F3NO3. The lowest BCUT2D eigenvalue weighted by molar-refractivity contribution is -0.206. The number of carbonyl (C=O) groups is 2. The Labute approximate surface area is 125 Å². The van der Waals surface area contributed by atoms with Crippen LogP contribution in [0.1, 0.15) is 16.8 Å². The Morgan fingerprint density at radius 2 is 1.82 bits per heavy atom. The van der Waals surface area contributed by atoms with Gasteiger partial charge in [0.25, 0.3) is 5.91 Å². The molecule has 1 unspecified atom stereocenters. The van der Waals surface area contributed by atoms with E-state index in [0.717, 1.165) is 6.08 Å². The molecule has 4 nitrogen and oxygen atoms in total. The van der Waals surface area contributed by atoms with Crippen molar-refractivity contribution in [1.82, 2.24) is 5.32 Å². The van der Waals surface area contributed by atoms with Crippen molar-refractivity contribution >= 4 is 11.9 Å². The molecule has 118 valence electrons. The van der Waals surface area contributed by atoms with Gasteiger partial charge in [0.2, 0.25) is 5.54 Å². The first-order valence-electron chi connectivity index (χ1n) is 6.20. The van der Waals surface area contributed by atoms with Crippen LogP contribution < -0.4 is 5.32 Å². The van der Waals surface area contributed by atoms with E-state index >= 15 is 0 Å². The van der Waals surface area contributed by atoms with Crippen molar-refractivity contribution in [2.45, 2.75) is 18.1 Å². The van der Waals surface area contributed by atoms with Crippen molar-refractivity contribution in [1.29, 1.82) is 0 Å². The second-order valence-corrected chi connectivity index (χ2v) is 4.40. The Hall–Kier alpha value is -2.57. The van der Waals surface area contributed by atoms with Gasteiger partial charge < -0.3 is 10.4 Å². The third-order valence-corrected chi connectivity index (χ3v) is 2.91. The van der Waals surface area contributed by atoms with Crippen molar-refractivity contribution in [2.75, 3.05) is 0 Å². The van der Waals surface area contributed by atoms with E-state index in [1.807, 2.05) is 0 Å². The van der Waals surface area contributed by atoms with Crippen LogP contribution in [0.15, 0.2) is 55.1 Å². The summed E-state index contributed by atoms with van der Waals surface area (Å²) in [5.41, 5.74) is -3.47. The maximum atomic E-state index is 13.3. The minimum absolute atomic E-state index is 0.0647. The lowest BCUT2D eigenvalue weighted by Crippen LogP contribution is -2.63. The van der Waals surface area contributed by atoms with Gasteiger partial charge in [-0.1, -0.05) is 43.0 Å². The van der Waals surface area contributed by atoms with E-state index in [9.17, 15) is 22.8 Å². The van der Waals surface area contributed by atoms with Crippen molar-refractivity contribution in [3.63, 3.8) is 0 Å². The molecule has 2 N–H and O–H groups in total. The molecule has 0 spiro atoms. The van der Waals surface area contributed by atoms with E-state index in [0.29, 0.717) is 0 Å². The first kappa shape index (κ1) is 17.5. The largest absolute Gasteiger partial charge is 0.479 e. The molecule has 0 bridgehead atoms. The molecule has 0 saturated carbocycles. The third kappa shape index (κ3) is 3.75. The van der Waals surface area contributed by atoms with Gasteiger partial charge >= 0.3 is 12.1 Å². The SMILES string of the molecule is C=C/C=C/CC(NC(=O)c1ccccc1)(C(=O)O)C(F)(F)F. The van der Waals surface area contributed by atoms with Crippen molar-refractivity contribution < 1.29 is 27.9 Å². The second-order valence-electron chi connectivity index (χ2n) is 4.40. The predicted molar refractivity (Wildman–Crippen MR) is 74.3 cm³/mol. The van der Waals surface area contributed by atoms with Crippen molar-refractivity contribution in [3.05, 3.63) is 60.7 Å². The van der Waals surface area contributed by atoms with Gasteiger partial charge in [-0.05, 0) is 12.1 Å². The summed E-state index contributed by atoms with van der Waals surface area (Å²) in [4.78, 5) is 23.2. The molecule has 0 aromatic heterocycles. The Morgan fingerprint density at radius 3 is 2.27 bits per heavy atom. The van der Waals surface area contributed by atoms with E-state index in [-0.39, 0.29) is 5.56 Å². The molecule has 1 aromatic rings. The lowest BCUT2D eigenvalue weighted by Gasteiger charge is -2.31. The summed E-state index contributed by atoms with van der Waals surface area (Å²) in [5, 5.41) is 10.7. The van der Waals surface area contributed by atoms with Gasteiger partial charge in [-0.15, -0.1) is 0 Å². The first-order chi connectivity index (χ1) is 10.2. The predicted octanol–water partition coefficient (Wildman–Crippen LogP) is 2.93. The number of allylic oxidation sites excluding steroid dienone is 2. The molecule has 0 aliphatic carbocycles. The monoisotopic (exact) mass is 313 g/mol. The molecule has 0 fully saturated rings. The number of carbonyl (C=O) groups excluding carboxylic acids is 1. The second kappa shape index (κ2) is 6.93. The highest BCUT2D eigenvalue weighted by Gasteiger charge is 2.61. The van der Waals surface area contributed by atoms with Crippen molar-refractivity contribution in [2.24, 2.45) is 0 Å². The zero-order chi connectivity index (χ0) is 16.8. The lowest BCUT2D eigenvalue weighted by atomic mass is 9.93. The van der Waals surface area contributed by atoms with Gasteiger partial charge in [0.15, 0.2) is 0 Å². The number of hydrogen-bond donors (Lipinski definition) is 2. The van der Waals surface area contributed by atoms with Gasteiger partial charge in [0.1, 0.15) is 0 Å². The first-order valence-corrected chi connectivity index (χ1v) is 6.20. The van der Waals surface area contributed by atoms with E-state index in [2.05, 4.69) is 6.58 Å². The fourth-order valence-corrected chi connectivity index (χ4v) is 1.70. The molecule has 0 aliphatic heterocycles. The van der Waals surface area contributed by atoms with E-state index in [4.69, 9.17) is 5.11 Å². The third-order valence-electron chi connectivity index (χ3n) is 2.91. The van der Waals surface area contributed by atoms with Crippen LogP contribution in [0.5, 0.6) is 0 Å². The molecular weight excluding hydrogens is 299 g/mol. The topological polar surface area (TPSA) is 66.4 Å². The number of nitrogens with one attached hydrogen (secondary N) is 1. The van der Waals surface area contributed by atoms with Crippen molar-refractivity contribution in [3.8, 4) is 0 Å². The zero-order valence-corrected chi connectivity index (χ0v) is 11.4. The van der Waals surface area contributed by atoms with E-state index < -0.39 is 30.0 Å². The quantitative estimate of drug-likeness (QED) is 0.794. The highest BCUT2D eigenvalue weighted by Crippen LogP contribution is 2.34. The van der Waals surface area contributed by atoms with Crippen LogP contribution in [0, 0.1) is 0 Å². The highest BCUT2D eigenvalue weighted by atomic mass is 19.4. The Kier molecular flexibility index (Phi) is 5.50. The van der Waals surface area contributed by atoms with E-state index in [1.54, 1.807) is 11.4 Å². The molecule has 1 atom stereocenters. The van der Waals surface area contributed by atoms with Crippen LogP contribution in [0.25, 0.3) is 0 Å². The number of carboxylic acid groups (broad SMARTS) is 1. The summed E-state index contributed by atoms with van der Waals surface area (Å²) < 4.78 is 39.8. The van der Waals surface area contributed by atoms with Crippen LogP contribution in [-0.4, -0.2) is 28.7 Å². The fraction of sp³-hybridized carbons (Fsp3) is 0.200. The Balaban J connectivity index is 3.19. The molecule has 0 aliphatic rings. The summed E-state index contributed by atoms with van der Waals surface area (Å²) in [6.45, 7) is 3.29. The summed E-state index contributed by atoms with van der Waals surface area (Å²) in [7, 11) is 0. The molecule has 0 radical (unpaired) electrons. The number of benzene rings is 1. The fourth-order valence-electron chi connectivity index (χ4n) is 1.70. The number of hydrogen-bond acceptors (Lipinski definition) is 2. The molecule has 1 aromatic carbocycles. The molecule has 0 saturated heterocycles. The van der Waals surface area contributed by atoms with Gasteiger partial charge in [-0.2, -0.15) is 13.2 Å². The number of carboxylic acids is 1. The average molecular weight is 313 g/mol. The number of amides is 1. The number of aliphatic carboxylic acids is 1. The minimum Gasteiger partial charge on any atom is -0.479 e. The maximum absolute atomic E-state index is 13.3. The molecule has 1 amide bonds. The number of rotatable bonds is 6. The molecule has 22 heavy (non-hydrogen) atoms. The number of halogens is 3. The van der Waals surface area contributed by atoms with Crippen LogP contribution in [0.4, 0.5) is 13.2 Å². The van der Waals surface area contributed by atoms with Crippen LogP contribution >= 0.6 is 0 Å². The standard InChI is InChI=1S/C15H14F3NO3/c1-2-3-7-10-14(13(21)22,15(16,17)18)19-12(20)11-8-5-4-6-9-11/h2-9H,1,10H2,(H,19,20)(H,21,22)/b7-3+. The normalized spacial score (nSPS) is 14.3. The summed E-state index contributed by atoms with van der Waals surface area (Å²) >= 11 is 0. The van der Waals surface area contributed by atoms with Crippen LogP contribution in [0.2, 0.25) is 0 Å². The molecule has 0 heterocycles. The van der Waals surface area contributed by atoms with Gasteiger partial charge in [0.05, 0.1) is 0 Å². The number of alkyl halides is 3. The van der Waals surface area contributed by atoms with E-state index in [1.165, 1.54) is 36.4 Å². The smallest absolute Gasteiger partial charge is 0.422 e. The molecule has 1 rings (SSSR count). The zero-order valence-electron chi connectivity index (χ0n) is 11.4. The summed E-state index contributed by atoms with van der Waals surface area (Å²) in [5.74, 6) is -3.30. The summed E-state index contributed by atoms with van der Waals surface area (Å²) in [6, 6.07) is 7.08. The summed E-state index contributed by atoms with van der Waals surface area (Å²) in [6.07, 6.45) is -2.74. The average Bonchev–Trinajstić information content (AvgIpc) is 2.45. The van der Waals surface area contributed by atoms with Gasteiger partial charge in [0, 0.05) is 12.0 Å². The minimum atomic E-state index is -5.17. The van der Waals surface area contributed by atoms with Crippen LogP contribution in [-0.2, 0) is 4.79 Å².